The van der Waals surface area contributed by atoms with Gasteiger partial charge in [-0.3, -0.25) is 9.59 Å². The Bertz CT molecular complexity index is 759. The molecule has 0 aliphatic carbocycles. The van der Waals surface area contributed by atoms with Gasteiger partial charge in [0.05, 0.1) is 20.2 Å². The molecule has 10 nitrogen and oxygen atoms in total. The standard InChI is InChI=1S/C24H48N2O8S2.2Na/c1-3-5-7-9-11-15-23(27)25(17-13-21-35(29,30)31)19-20-26(18-14-22-36(32,33)34)24(28)16-12-10-8-6-4-2;;/h3-22H2,1-2H3,(H,29,30,31)(H,32,33,34);;/q;2*+1/p-2. The van der Waals surface area contributed by atoms with Crippen molar-refractivity contribution in [3.05, 3.63) is 0 Å². The van der Waals surface area contributed by atoms with Crippen molar-refractivity contribution in [1.82, 2.24) is 9.80 Å². The summed E-state index contributed by atoms with van der Waals surface area (Å²) in [6.07, 6.45) is 10.3. The Hall–Kier alpha value is 0.760. The van der Waals surface area contributed by atoms with E-state index >= 15 is 0 Å². The monoisotopic (exact) mass is 600 g/mol. The third-order valence-electron chi connectivity index (χ3n) is 5.98. The zero-order valence-corrected chi connectivity index (χ0v) is 29.8. The van der Waals surface area contributed by atoms with Crippen LogP contribution in [0.4, 0.5) is 0 Å². The molecule has 0 aliphatic heterocycles. The Kier molecular flexibility index (Phi) is 29.0. The normalized spacial score (nSPS) is 11.4. The summed E-state index contributed by atoms with van der Waals surface area (Å²) in [4.78, 5) is 28.6. The van der Waals surface area contributed by atoms with Crippen molar-refractivity contribution < 1.29 is 94.6 Å². The first-order chi connectivity index (χ1) is 16.9. The van der Waals surface area contributed by atoms with E-state index in [1.54, 1.807) is 0 Å². The maximum Gasteiger partial charge on any atom is 1.00 e. The van der Waals surface area contributed by atoms with Crippen LogP contribution in [0.25, 0.3) is 0 Å². The summed E-state index contributed by atoms with van der Waals surface area (Å²) in [6, 6.07) is 0. The summed E-state index contributed by atoms with van der Waals surface area (Å²) in [5.41, 5.74) is 0. The maximum atomic E-state index is 12.8. The zero-order valence-electron chi connectivity index (χ0n) is 24.1. The quantitative estimate of drug-likeness (QED) is 0.0694. The van der Waals surface area contributed by atoms with E-state index in [4.69, 9.17) is 0 Å². The molecule has 38 heavy (non-hydrogen) atoms. The Balaban J connectivity index is -0.00000612. The molecule has 0 rings (SSSR count). The SMILES string of the molecule is CCCCCCCC(=O)N(CCCS(=O)(=O)[O-])CCN(CCCS(=O)(=O)[O-])C(=O)CCCCCCC.[Na+].[Na+]. The first-order valence-corrected chi connectivity index (χ1v) is 16.5. The van der Waals surface area contributed by atoms with Crippen molar-refractivity contribution in [2.24, 2.45) is 0 Å². The predicted octanol–water partition coefficient (Wildman–Crippen LogP) is -2.76. The van der Waals surface area contributed by atoms with Gasteiger partial charge in [0.2, 0.25) is 11.8 Å². The van der Waals surface area contributed by atoms with Gasteiger partial charge in [0.1, 0.15) is 0 Å². The second-order valence-corrected chi connectivity index (χ2v) is 12.4. The van der Waals surface area contributed by atoms with Gasteiger partial charge < -0.3 is 18.9 Å². The van der Waals surface area contributed by atoms with Crippen LogP contribution in [0.5, 0.6) is 0 Å². The average molecular weight is 601 g/mol. The molecule has 0 bridgehead atoms. The Morgan fingerprint density at radius 3 is 1.13 bits per heavy atom. The van der Waals surface area contributed by atoms with Crippen LogP contribution in [0, 0.1) is 0 Å². The molecule has 0 radical (unpaired) electrons. The molecule has 0 aromatic rings. The van der Waals surface area contributed by atoms with Crippen LogP contribution in [-0.2, 0) is 29.8 Å². The van der Waals surface area contributed by atoms with E-state index in [1.807, 2.05) is 0 Å². The first kappa shape index (κ1) is 43.2. The van der Waals surface area contributed by atoms with Gasteiger partial charge in [-0.25, -0.2) is 16.8 Å². The molecule has 0 aromatic heterocycles. The van der Waals surface area contributed by atoms with Gasteiger partial charge in [-0.1, -0.05) is 65.2 Å². The van der Waals surface area contributed by atoms with Crippen LogP contribution >= 0.6 is 0 Å². The van der Waals surface area contributed by atoms with Gasteiger partial charge in [0, 0.05) is 50.5 Å². The van der Waals surface area contributed by atoms with E-state index in [0.29, 0.717) is 25.7 Å². The molecule has 0 N–H and O–H groups in total. The molecule has 2 amide bonds. The molecule has 214 valence electrons. The zero-order chi connectivity index (χ0) is 27.5. The van der Waals surface area contributed by atoms with Crippen molar-refractivity contribution in [3.8, 4) is 0 Å². The molecule has 14 heteroatoms. The van der Waals surface area contributed by atoms with Crippen molar-refractivity contribution in [1.29, 1.82) is 0 Å². The van der Waals surface area contributed by atoms with Crippen molar-refractivity contribution in [3.63, 3.8) is 0 Å². The number of unbranched alkanes of at least 4 members (excludes halogenated alkanes) is 8. The number of hydrogen-bond donors (Lipinski definition) is 0. The minimum atomic E-state index is -4.40. The van der Waals surface area contributed by atoms with Crippen molar-refractivity contribution >= 4 is 32.1 Å². The summed E-state index contributed by atoms with van der Waals surface area (Å²) in [6.45, 7) is 4.67. The minimum Gasteiger partial charge on any atom is -0.748 e. The number of carbonyl (C=O) groups excluding carboxylic acids is 2. The first-order valence-electron chi connectivity index (χ1n) is 13.3. The molecular formula is C24H46N2Na2O8S2. The van der Waals surface area contributed by atoms with Crippen LogP contribution in [0.2, 0.25) is 0 Å². The van der Waals surface area contributed by atoms with Gasteiger partial charge >= 0.3 is 59.1 Å². The summed E-state index contributed by atoms with van der Waals surface area (Å²) >= 11 is 0. The van der Waals surface area contributed by atoms with E-state index in [0.717, 1.165) is 51.4 Å². The van der Waals surface area contributed by atoms with Crippen LogP contribution in [0.15, 0.2) is 0 Å². The molecule has 0 atom stereocenters. The topological polar surface area (TPSA) is 155 Å². The summed E-state index contributed by atoms with van der Waals surface area (Å²) in [7, 11) is -8.80. The molecule has 0 fully saturated rings. The fraction of sp³-hybridized carbons (Fsp3) is 0.917. The molecule has 0 saturated carbocycles. The molecule has 0 aromatic carbocycles. The van der Waals surface area contributed by atoms with Crippen LogP contribution in [-0.4, -0.2) is 85.2 Å². The van der Waals surface area contributed by atoms with Crippen LogP contribution < -0.4 is 59.1 Å². The van der Waals surface area contributed by atoms with Gasteiger partial charge in [0.25, 0.3) is 0 Å². The van der Waals surface area contributed by atoms with Crippen molar-refractivity contribution in [2.75, 3.05) is 37.7 Å². The third kappa shape index (κ3) is 27.0. The predicted molar refractivity (Wildman–Crippen MR) is 138 cm³/mol. The molecule has 0 aliphatic rings. The maximum absolute atomic E-state index is 12.8. The van der Waals surface area contributed by atoms with E-state index in [2.05, 4.69) is 13.8 Å². The van der Waals surface area contributed by atoms with Crippen LogP contribution in [0.3, 0.4) is 0 Å². The molecule has 0 spiro atoms. The third-order valence-corrected chi connectivity index (χ3v) is 7.56. The van der Waals surface area contributed by atoms with Gasteiger partial charge in [0.15, 0.2) is 0 Å². The summed E-state index contributed by atoms with van der Waals surface area (Å²) in [5, 5.41) is 0. The smallest absolute Gasteiger partial charge is 0.748 e. The summed E-state index contributed by atoms with van der Waals surface area (Å²) < 4.78 is 65.9. The van der Waals surface area contributed by atoms with Gasteiger partial charge in [-0.2, -0.15) is 0 Å². The summed E-state index contributed by atoms with van der Waals surface area (Å²) in [5.74, 6) is -1.47. The van der Waals surface area contributed by atoms with Gasteiger partial charge in [-0.05, 0) is 25.7 Å². The molecular weight excluding hydrogens is 554 g/mol. The molecule has 0 saturated heterocycles. The van der Waals surface area contributed by atoms with E-state index < -0.39 is 31.7 Å². The average Bonchev–Trinajstić information content (AvgIpc) is 2.77. The van der Waals surface area contributed by atoms with Crippen molar-refractivity contribution in [2.45, 2.75) is 104 Å². The minimum absolute atomic E-state index is 0. The Morgan fingerprint density at radius 2 is 0.842 bits per heavy atom. The Morgan fingerprint density at radius 1 is 0.526 bits per heavy atom. The molecule has 0 heterocycles. The Labute approximate surface area is 275 Å². The molecule has 0 unspecified atom stereocenters. The fourth-order valence-corrected chi connectivity index (χ4v) is 4.87. The second-order valence-electron chi connectivity index (χ2n) is 9.32. The van der Waals surface area contributed by atoms with E-state index in [-0.39, 0.29) is 110 Å². The number of rotatable bonds is 23. The fourth-order valence-electron chi connectivity index (χ4n) is 3.90. The second kappa shape index (κ2) is 25.5. The number of nitrogens with zero attached hydrogens (tertiary/aromatic N) is 2. The number of hydrogen-bond acceptors (Lipinski definition) is 8. The van der Waals surface area contributed by atoms with E-state index in [1.165, 1.54) is 9.80 Å². The van der Waals surface area contributed by atoms with Crippen LogP contribution in [0.1, 0.15) is 104 Å². The number of amides is 2. The van der Waals surface area contributed by atoms with Gasteiger partial charge in [-0.15, -0.1) is 0 Å². The largest absolute Gasteiger partial charge is 1.00 e. The van der Waals surface area contributed by atoms with E-state index in [9.17, 15) is 35.5 Å². The number of carbonyl (C=O) groups is 2.